The van der Waals surface area contributed by atoms with Gasteiger partial charge in [-0.25, -0.2) is 5.43 Å². The number of hydrogen-bond acceptors (Lipinski definition) is 4. The molecule has 3 rings (SSSR count). The SMILES string of the molecule is COc1ccc(/C=N/NC(=O)COc2ccc3ccccc3c2Br)cc1. The lowest BCUT2D eigenvalue weighted by Gasteiger charge is -2.09. The predicted molar refractivity (Wildman–Crippen MR) is 106 cm³/mol. The highest BCUT2D eigenvalue weighted by Crippen LogP contribution is 2.32. The van der Waals surface area contributed by atoms with E-state index in [1.165, 1.54) is 0 Å². The summed E-state index contributed by atoms with van der Waals surface area (Å²) in [5.74, 6) is 1.04. The summed E-state index contributed by atoms with van der Waals surface area (Å²) in [6.07, 6.45) is 1.56. The van der Waals surface area contributed by atoms with Crippen molar-refractivity contribution in [3.63, 3.8) is 0 Å². The summed E-state index contributed by atoms with van der Waals surface area (Å²) in [6.45, 7) is -0.128. The first-order valence-electron chi connectivity index (χ1n) is 7.93. The van der Waals surface area contributed by atoms with Crippen molar-refractivity contribution in [1.29, 1.82) is 0 Å². The van der Waals surface area contributed by atoms with E-state index in [9.17, 15) is 4.79 Å². The second-order valence-corrected chi connectivity index (χ2v) is 6.25. The molecule has 0 spiro atoms. The Hall–Kier alpha value is -2.86. The maximum atomic E-state index is 11.9. The van der Waals surface area contributed by atoms with Crippen LogP contribution in [0.15, 0.2) is 70.2 Å². The van der Waals surface area contributed by atoms with Crippen molar-refractivity contribution in [2.45, 2.75) is 0 Å². The summed E-state index contributed by atoms with van der Waals surface area (Å²) in [4.78, 5) is 11.9. The zero-order chi connectivity index (χ0) is 18.4. The third kappa shape index (κ3) is 4.40. The summed E-state index contributed by atoms with van der Waals surface area (Å²) in [5.41, 5.74) is 3.30. The molecule has 0 radical (unpaired) electrons. The normalized spacial score (nSPS) is 10.8. The standard InChI is InChI=1S/C20H17BrN2O3/c1-25-16-9-6-14(7-10-16)12-22-23-19(24)13-26-18-11-8-15-4-2-3-5-17(15)20(18)21/h2-12H,13H2,1H3,(H,23,24)/b22-12+. The van der Waals surface area contributed by atoms with Gasteiger partial charge in [-0.3, -0.25) is 4.79 Å². The number of halogens is 1. The van der Waals surface area contributed by atoms with E-state index < -0.39 is 0 Å². The molecule has 26 heavy (non-hydrogen) atoms. The number of carbonyl (C=O) groups excluding carboxylic acids is 1. The lowest BCUT2D eigenvalue weighted by atomic mass is 10.1. The minimum absolute atomic E-state index is 0.128. The van der Waals surface area contributed by atoms with E-state index in [1.54, 1.807) is 13.3 Å². The van der Waals surface area contributed by atoms with E-state index in [0.29, 0.717) is 5.75 Å². The molecule has 0 aliphatic rings. The summed E-state index contributed by atoms with van der Waals surface area (Å²) in [7, 11) is 1.61. The quantitative estimate of drug-likeness (QED) is 0.488. The largest absolute Gasteiger partial charge is 0.497 e. The van der Waals surface area contributed by atoms with Crippen LogP contribution in [0.25, 0.3) is 10.8 Å². The highest BCUT2D eigenvalue weighted by molar-refractivity contribution is 9.10. The second-order valence-electron chi connectivity index (χ2n) is 5.45. The molecule has 0 fully saturated rings. The van der Waals surface area contributed by atoms with E-state index in [4.69, 9.17) is 9.47 Å². The lowest BCUT2D eigenvalue weighted by Crippen LogP contribution is -2.24. The van der Waals surface area contributed by atoms with Gasteiger partial charge in [0.2, 0.25) is 0 Å². The van der Waals surface area contributed by atoms with Gasteiger partial charge in [0, 0.05) is 0 Å². The Labute approximate surface area is 159 Å². The van der Waals surface area contributed by atoms with E-state index in [1.807, 2.05) is 60.7 Å². The first-order chi connectivity index (χ1) is 12.7. The Balaban J connectivity index is 1.55. The number of methoxy groups -OCH3 is 1. The molecule has 6 heteroatoms. The summed E-state index contributed by atoms with van der Waals surface area (Å²) in [6, 6.07) is 19.1. The molecule has 0 aromatic heterocycles. The zero-order valence-corrected chi connectivity index (χ0v) is 15.7. The number of ether oxygens (including phenoxy) is 2. The molecule has 0 aliphatic heterocycles. The Morgan fingerprint density at radius 1 is 1.12 bits per heavy atom. The molecule has 5 nitrogen and oxygen atoms in total. The van der Waals surface area contributed by atoms with Gasteiger partial charge in [0.05, 0.1) is 17.8 Å². The fourth-order valence-electron chi connectivity index (χ4n) is 2.37. The van der Waals surface area contributed by atoms with Crippen LogP contribution >= 0.6 is 15.9 Å². The Bertz CT molecular complexity index is 939. The number of hydrogen-bond donors (Lipinski definition) is 1. The third-order valence-electron chi connectivity index (χ3n) is 3.71. The number of carbonyl (C=O) groups is 1. The molecule has 3 aromatic rings. The highest BCUT2D eigenvalue weighted by Gasteiger charge is 2.08. The van der Waals surface area contributed by atoms with Gasteiger partial charge in [0.15, 0.2) is 6.61 Å². The monoisotopic (exact) mass is 412 g/mol. The van der Waals surface area contributed by atoms with Crippen LogP contribution in [0.5, 0.6) is 11.5 Å². The summed E-state index contributed by atoms with van der Waals surface area (Å²) in [5, 5.41) is 6.05. The number of hydrazone groups is 1. The molecule has 0 aliphatic carbocycles. The second kappa shape index (κ2) is 8.49. The molecule has 1 amide bonds. The highest BCUT2D eigenvalue weighted by atomic mass is 79.9. The minimum Gasteiger partial charge on any atom is -0.497 e. The van der Waals surface area contributed by atoms with Gasteiger partial charge >= 0.3 is 0 Å². The fraction of sp³-hybridized carbons (Fsp3) is 0.100. The van der Waals surface area contributed by atoms with Crippen molar-refractivity contribution in [3.8, 4) is 11.5 Å². The number of amides is 1. The smallest absolute Gasteiger partial charge is 0.277 e. The molecule has 0 saturated carbocycles. The first-order valence-corrected chi connectivity index (χ1v) is 8.72. The van der Waals surface area contributed by atoms with Crippen LogP contribution in [-0.4, -0.2) is 25.8 Å². The molecule has 0 bridgehead atoms. The van der Waals surface area contributed by atoms with Crippen molar-refractivity contribution in [1.82, 2.24) is 5.43 Å². The third-order valence-corrected chi connectivity index (χ3v) is 4.52. The van der Waals surface area contributed by atoms with Crippen molar-refractivity contribution in [2.75, 3.05) is 13.7 Å². The number of rotatable bonds is 6. The van der Waals surface area contributed by atoms with Gasteiger partial charge in [-0.15, -0.1) is 0 Å². The van der Waals surface area contributed by atoms with Gasteiger partial charge in [0.25, 0.3) is 5.91 Å². The number of benzene rings is 3. The zero-order valence-electron chi connectivity index (χ0n) is 14.1. The van der Waals surface area contributed by atoms with Gasteiger partial charge in [-0.1, -0.05) is 30.3 Å². The molecular weight excluding hydrogens is 396 g/mol. The average Bonchev–Trinajstić information content (AvgIpc) is 2.68. The molecule has 0 heterocycles. The topological polar surface area (TPSA) is 59.9 Å². The van der Waals surface area contributed by atoms with Crippen LogP contribution in [0.4, 0.5) is 0 Å². The van der Waals surface area contributed by atoms with E-state index in [0.717, 1.165) is 26.6 Å². The Morgan fingerprint density at radius 3 is 2.65 bits per heavy atom. The van der Waals surface area contributed by atoms with Crippen LogP contribution in [0.1, 0.15) is 5.56 Å². The molecule has 3 aromatic carbocycles. The summed E-state index contributed by atoms with van der Waals surface area (Å²) >= 11 is 3.53. The van der Waals surface area contributed by atoms with Crippen LogP contribution in [-0.2, 0) is 4.79 Å². The summed E-state index contributed by atoms with van der Waals surface area (Å²) < 4.78 is 11.5. The van der Waals surface area contributed by atoms with Crippen molar-refractivity contribution in [2.24, 2.45) is 5.10 Å². The molecule has 0 unspecified atom stereocenters. The number of nitrogens with zero attached hydrogens (tertiary/aromatic N) is 1. The molecular formula is C20H17BrN2O3. The van der Waals surface area contributed by atoms with Crippen LogP contribution in [0, 0.1) is 0 Å². The maximum Gasteiger partial charge on any atom is 0.277 e. The molecule has 0 atom stereocenters. The van der Waals surface area contributed by atoms with Gasteiger partial charge in [-0.2, -0.15) is 5.10 Å². The van der Waals surface area contributed by atoms with Crippen molar-refractivity contribution >= 4 is 38.8 Å². The van der Waals surface area contributed by atoms with Crippen molar-refractivity contribution < 1.29 is 14.3 Å². The predicted octanol–water partition coefficient (Wildman–Crippen LogP) is 4.14. The number of fused-ring (bicyclic) bond motifs is 1. The van der Waals surface area contributed by atoms with Crippen LogP contribution < -0.4 is 14.9 Å². The number of nitrogens with one attached hydrogen (secondary N) is 1. The molecule has 0 saturated heterocycles. The van der Waals surface area contributed by atoms with Crippen LogP contribution in [0.2, 0.25) is 0 Å². The van der Waals surface area contributed by atoms with Gasteiger partial charge < -0.3 is 9.47 Å². The van der Waals surface area contributed by atoms with E-state index in [-0.39, 0.29) is 12.5 Å². The maximum absolute atomic E-state index is 11.9. The first kappa shape index (κ1) is 17.9. The van der Waals surface area contributed by atoms with Gasteiger partial charge in [-0.05, 0) is 62.6 Å². The van der Waals surface area contributed by atoms with Gasteiger partial charge in [0.1, 0.15) is 11.5 Å². The molecule has 1 N–H and O–H groups in total. The Kier molecular flexibility index (Phi) is 5.86. The van der Waals surface area contributed by atoms with E-state index in [2.05, 4.69) is 26.5 Å². The van der Waals surface area contributed by atoms with E-state index >= 15 is 0 Å². The lowest BCUT2D eigenvalue weighted by molar-refractivity contribution is -0.123. The average molecular weight is 413 g/mol. The minimum atomic E-state index is -0.338. The fourth-order valence-corrected chi connectivity index (χ4v) is 2.98. The van der Waals surface area contributed by atoms with Crippen LogP contribution in [0.3, 0.4) is 0 Å². The molecule has 132 valence electrons. The van der Waals surface area contributed by atoms with Crippen molar-refractivity contribution in [3.05, 3.63) is 70.7 Å². The Morgan fingerprint density at radius 2 is 1.88 bits per heavy atom.